The third-order valence-corrected chi connectivity index (χ3v) is 3.49. The minimum Gasteiger partial charge on any atom is -0.500 e. The Labute approximate surface area is 90.7 Å². The van der Waals surface area contributed by atoms with E-state index in [1.54, 1.807) is 6.26 Å². The molecule has 0 aromatic rings. The molecule has 2 atom stereocenters. The van der Waals surface area contributed by atoms with Gasteiger partial charge in [-0.1, -0.05) is 19.8 Å². The van der Waals surface area contributed by atoms with E-state index in [4.69, 9.17) is 10.5 Å². The molecule has 3 heteroatoms. The van der Waals surface area contributed by atoms with Gasteiger partial charge >= 0.3 is 0 Å². The predicted octanol–water partition coefficient (Wildman–Crippen LogP) is 1.77. The number of ether oxygens (including phenoxy) is 1. The van der Waals surface area contributed by atoms with E-state index in [9.17, 15) is 4.79 Å². The Kier molecular flexibility index (Phi) is 2.83. The predicted molar refractivity (Wildman–Crippen MR) is 58.2 cm³/mol. The molecule has 0 saturated heterocycles. The Balaban J connectivity index is 2.10. The molecule has 2 unspecified atom stereocenters. The smallest absolute Gasteiger partial charge is 0.181 e. The first-order valence-corrected chi connectivity index (χ1v) is 5.76. The molecule has 0 amide bonds. The van der Waals surface area contributed by atoms with Gasteiger partial charge in [0.15, 0.2) is 5.78 Å². The molecule has 1 fully saturated rings. The average molecular weight is 209 g/mol. The van der Waals surface area contributed by atoms with Gasteiger partial charge in [-0.15, -0.1) is 0 Å². The summed E-state index contributed by atoms with van der Waals surface area (Å²) in [5.74, 6) is 0.683. The first-order chi connectivity index (χ1) is 7.12. The van der Waals surface area contributed by atoms with Gasteiger partial charge in [0, 0.05) is 12.0 Å². The van der Waals surface area contributed by atoms with Crippen LogP contribution in [0.15, 0.2) is 11.8 Å². The van der Waals surface area contributed by atoms with Crippen LogP contribution in [0, 0.1) is 5.92 Å². The highest BCUT2D eigenvalue weighted by molar-refractivity contribution is 6.02. The molecule has 2 aliphatic rings. The van der Waals surface area contributed by atoms with E-state index in [0.29, 0.717) is 12.5 Å². The van der Waals surface area contributed by atoms with Crippen LogP contribution in [-0.4, -0.2) is 17.9 Å². The highest BCUT2D eigenvalue weighted by Crippen LogP contribution is 2.33. The molecule has 0 aromatic carbocycles. The van der Waals surface area contributed by atoms with Crippen LogP contribution < -0.4 is 5.73 Å². The van der Waals surface area contributed by atoms with Crippen molar-refractivity contribution in [3.63, 3.8) is 0 Å². The van der Waals surface area contributed by atoms with E-state index in [2.05, 4.69) is 6.92 Å². The third kappa shape index (κ3) is 2.07. The van der Waals surface area contributed by atoms with E-state index < -0.39 is 5.54 Å². The number of carbonyl (C=O) groups is 1. The molecular weight excluding hydrogens is 190 g/mol. The second-order valence-electron chi connectivity index (χ2n) is 4.95. The number of ketones is 1. The highest BCUT2D eigenvalue weighted by Gasteiger charge is 2.39. The lowest BCUT2D eigenvalue weighted by molar-refractivity contribution is -0.122. The normalized spacial score (nSPS) is 35.9. The summed E-state index contributed by atoms with van der Waals surface area (Å²) in [7, 11) is 0. The summed E-state index contributed by atoms with van der Waals surface area (Å²) in [6.45, 7) is 2.81. The van der Waals surface area contributed by atoms with Gasteiger partial charge < -0.3 is 10.5 Å². The van der Waals surface area contributed by atoms with Crippen molar-refractivity contribution in [2.24, 2.45) is 11.7 Å². The molecule has 1 heterocycles. The van der Waals surface area contributed by atoms with Crippen LogP contribution in [0.25, 0.3) is 0 Å². The molecule has 1 aliphatic carbocycles. The van der Waals surface area contributed by atoms with Crippen molar-refractivity contribution in [2.45, 2.75) is 44.6 Å². The van der Waals surface area contributed by atoms with E-state index in [-0.39, 0.29) is 5.78 Å². The molecule has 1 aliphatic heterocycles. The molecular formula is C12H19NO2. The maximum atomic E-state index is 12.2. The van der Waals surface area contributed by atoms with Crippen LogP contribution in [0.5, 0.6) is 0 Å². The molecule has 2 N–H and O–H groups in total. The second-order valence-corrected chi connectivity index (χ2v) is 4.95. The lowest BCUT2D eigenvalue weighted by Crippen LogP contribution is -2.51. The zero-order valence-electron chi connectivity index (χ0n) is 9.29. The van der Waals surface area contributed by atoms with Crippen molar-refractivity contribution in [2.75, 3.05) is 6.61 Å². The molecule has 15 heavy (non-hydrogen) atoms. The maximum absolute atomic E-state index is 12.2. The SMILES string of the molecule is CC1CCCC(N)(C(=O)C2=COCC2)C1. The first kappa shape index (κ1) is 10.7. The first-order valence-electron chi connectivity index (χ1n) is 5.76. The highest BCUT2D eigenvalue weighted by atomic mass is 16.5. The van der Waals surface area contributed by atoms with Gasteiger partial charge in [0.25, 0.3) is 0 Å². The summed E-state index contributed by atoms with van der Waals surface area (Å²) >= 11 is 0. The summed E-state index contributed by atoms with van der Waals surface area (Å²) in [4.78, 5) is 12.2. The van der Waals surface area contributed by atoms with Crippen LogP contribution in [0.2, 0.25) is 0 Å². The van der Waals surface area contributed by atoms with Crippen LogP contribution in [0.4, 0.5) is 0 Å². The Hall–Kier alpha value is -0.830. The number of hydrogen-bond donors (Lipinski definition) is 1. The summed E-state index contributed by atoms with van der Waals surface area (Å²) in [5.41, 5.74) is 6.40. The monoisotopic (exact) mass is 209 g/mol. The largest absolute Gasteiger partial charge is 0.500 e. The number of nitrogens with two attached hydrogens (primary N) is 1. The van der Waals surface area contributed by atoms with Crippen LogP contribution in [0.1, 0.15) is 39.0 Å². The number of rotatable bonds is 2. The Bertz CT molecular complexity index is 298. The zero-order chi connectivity index (χ0) is 10.9. The number of carbonyl (C=O) groups excluding carboxylic acids is 1. The van der Waals surface area contributed by atoms with Gasteiger partial charge in [-0.2, -0.15) is 0 Å². The lowest BCUT2D eigenvalue weighted by Gasteiger charge is -2.35. The molecule has 0 aromatic heterocycles. The van der Waals surface area contributed by atoms with Crippen LogP contribution >= 0.6 is 0 Å². The zero-order valence-corrected chi connectivity index (χ0v) is 9.29. The third-order valence-electron chi connectivity index (χ3n) is 3.49. The molecule has 1 saturated carbocycles. The van der Waals surface area contributed by atoms with E-state index in [0.717, 1.165) is 31.3 Å². The van der Waals surface area contributed by atoms with Gasteiger partial charge in [0.2, 0.25) is 0 Å². The van der Waals surface area contributed by atoms with Gasteiger partial charge in [0.1, 0.15) is 0 Å². The van der Waals surface area contributed by atoms with Gasteiger partial charge in [-0.05, 0) is 18.8 Å². The Morgan fingerprint density at radius 2 is 2.47 bits per heavy atom. The number of Topliss-reactive ketones (excluding diaryl/α,β-unsaturated/α-hetero) is 1. The van der Waals surface area contributed by atoms with Gasteiger partial charge in [0.05, 0.1) is 18.4 Å². The van der Waals surface area contributed by atoms with Crippen molar-refractivity contribution < 1.29 is 9.53 Å². The van der Waals surface area contributed by atoms with Crippen molar-refractivity contribution in [1.29, 1.82) is 0 Å². The van der Waals surface area contributed by atoms with Crippen molar-refractivity contribution in [3.05, 3.63) is 11.8 Å². The van der Waals surface area contributed by atoms with Gasteiger partial charge in [-0.3, -0.25) is 4.79 Å². The molecule has 0 bridgehead atoms. The summed E-state index contributed by atoms with van der Waals surface area (Å²) in [6, 6.07) is 0. The van der Waals surface area contributed by atoms with E-state index in [1.165, 1.54) is 6.42 Å². The van der Waals surface area contributed by atoms with Crippen LogP contribution in [-0.2, 0) is 9.53 Å². The maximum Gasteiger partial charge on any atom is 0.181 e. The quantitative estimate of drug-likeness (QED) is 0.754. The van der Waals surface area contributed by atoms with Gasteiger partial charge in [-0.25, -0.2) is 0 Å². The van der Waals surface area contributed by atoms with Crippen molar-refractivity contribution >= 4 is 5.78 Å². The van der Waals surface area contributed by atoms with E-state index in [1.807, 2.05) is 0 Å². The van der Waals surface area contributed by atoms with Crippen molar-refractivity contribution in [1.82, 2.24) is 0 Å². The van der Waals surface area contributed by atoms with Crippen LogP contribution in [0.3, 0.4) is 0 Å². The molecule has 2 rings (SSSR count). The molecule has 0 spiro atoms. The lowest BCUT2D eigenvalue weighted by atomic mass is 9.73. The Morgan fingerprint density at radius 3 is 3.07 bits per heavy atom. The van der Waals surface area contributed by atoms with E-state index >= 15 is 0 Å². The Morgan fingerprint density at radius 1 is 1.67 bits per heavy atom. The standard InChI is InChI=1S/C12H19NO2/c1-9-3-2-5-12(13,7-9)11(14)10-4-6-15-8-10/h8-9H,2-7,13H2,1H3. The second kappa shape index (κ2) is 3.97. The fraction of sp³-hybridized carbons (Fsp3) is 0.750. The number of hydrogen-bond acceptors (Lipinski definition) is 3. The molecule has 3 nitrogen and oxygen atoms in total. The average Bonchev–Trinajstić information content (AvgIpc) is 2.68. The fourth-order valence-corrected chi connectivity index (χ4v) is 2.67. The minimum atomic E-state index is -0.614. The van der Waals surface area contributed by atoms with Crippen molar-refractivity contribution in [3.8, 4) is 0 Å². The topological polar surface area (TPSA) is 52.3 Å². The summed E-state index contributed by atoms with van der Waals surface area (Å²) in [5, 5.41) is 0. The summed E-state index contributed by atoms with van der Waals surface area (Å²) < 4.78 is 5.10. The minimum absolute atomic E-state index is 0.117. The molecule has 84 valence electrons. The summed E-state index contributed by atoms with van der Waals surface area (Å²) in [6.07, 6.45) is 6.23. The fourth-order valence-electron chi connectivity index (χ4n) is 2.67. The molecule has 0 radical (unpaired) electrons.